The molecule has 2 aliphatic rings. The van der Waals surface area contributed by atoms with Crippen LogP contribution in [0, 0.1) is 11.8 Å². The predicted octanol–water partition coefficient (Wildman–Crippen LogP) is 4.51. The van der Waals surface area contributed by atoms with E-state index in [4.69, 9.17) is 9.47 Å². The van der Waals surface area contributed by atoms with Gasteiger partial charge in [0.2, 0.25) is 0 Å². The number of nitrogens with zero attached hydrogens (tertiary/aromatic N) is 1. The smallest absolute Gasteiger partial charge is 0.119 e. The van der Waals surface area contributed by atoms with E-state index in [0.29, 0.717) is 11.8 Å². The molecule has 2 atom stereocenters. The highest BCUT2D eigenvalue weighted by atomic mass is 16.5. The van der Waals surface area contributed by atoms with E-state index in [0.717, 1.165) is 31.8 Å². The summed E-state index contributed by atoms with van der Waals surface area (Å²) in [6, 6.07) is 19.4. The van der Waals surface area contributed by atoms with Gasteiger partial charge < -0.3 is 14.4 Å². The summed E-state index contributed by atoms with van der Waals surface area (Å²) >= 11 is 0. The second kappa shape index (κ2) is 8.04. The molecule has 1 aliphatic heterocycles. The van der Waals surface area contributed by atoms with Crippen LogP contribution in [-0.2, 0) is 16.8 Å². The van der Waals surface area contributed by atoms with Crippen LogP contribution < -0.4 is 4.74 Å². The van der Waals surface area contributed by atoms with Crippen LogP contribution >= 0.6 is 0 Å². The Balaban J connectivity index is 1.55. The van der Waals surface area contributed by atoms with Gasteiger partial charge in [0, 0.05) is 38.6 Å². The molecule has 2 unspecified atom stereocenters. The Hall–Kier alpha value is -1.84. The molecule has 0 spiro atoms. The van der Waals surface area contributed by atoms with Gasteiger partial charge in [0.05, 0.1) is 7.11 Å². The molecule has 2 bridgehead atoms. The fourth-order valence-corrected chi connectivity index (χ4v) is 5.43. The molecule has 3 nitrogen and oxygen atoms in total. The van der Waals surface area contributed by atoms with Gasteiger partial charge in [0.1, 0.15) is 11.4 Å². The molecule has 0 amide bonds. The Morgan fingerprint density at radius 3 is 2.37 bits per heavy atom. The van der Waals surface area contributed by atoms with Crippen molar-refractivity contribution < 1.29 is 9.47 Å². The third-order valence-corrected chi connectivity index (χ3v) is 6.69. The van der Waals surface area contributed by atoms with Crippen molar-refractivity contribution in [3.63, 3.8) is 0 Å². The van der Waals surface area contributed by atoms with E-state index >= 15 is 0 Å². The first-order valence-electron chi connectivity index (χ1n) is 10.2. The maximum Gasteiger partial charge on any atom is 0.119 e. The van der Waals surface area contributed by atoms with Crippen LogP contribution in [0.4, 0.5) is 0 Å². The molecule has 1 heterocycles. The molecule has 27 heavy (non-hydrogen) atoms. The van der Waals surface area contributed by atoms with Crippen LogP contribution in [0.5, 0.6) is 5.75 Å². The van der Waals surface area contributed by atoms with Gasteiger partial charge in [-0.25, -0.2) is 0 Å². The highest BCUT2D eigenvalue weighted by Gasteiger charge is 2.53. The third-order valence-electron chi connectivity index (χ3n) is 6.69. The molecule has 144 valence electrons. The summed E-state index contributed by atoms with van der Waals surface area (Å²) < 4.78 is 11.9. The molecule has 2 aromatic rings. The lowest BCUT2D eigenvalue weighted by Gasteiger charge is -2.55. The van der Waals surface area contributed by atoms with Crippen molar-refractivity contribution in [2.45, 2.75) is 31.3 Å². The maximum atomic E-state index is 6.36. The van der Waals surface area contributed by atoms with E-state index in [-0.39, 0.29) is 5.60 Å². The van der Waals surface area contributed by atoms with Crippen LogP contribution in [0.15, 0.2) is 54.6 Å². The zero-order valence-corrected chi connectivity index (χ0v) is 16.6. The monoisotopic (exact) mass is 365 g/mol. The molecular formula is C24H31NO2. The van der Waals surface area contributed by atoms with Crippen LogP contribution in [0.3, 0.4) is 0 Å². The minimum absolute atomic E-state index is 0.171. The molecule has 3 heteroatoms. The first kappa shape index (κ1) is 18.5. The number of fused-ring (bicyclic) bond motifs is 2. The third kappa shape index (κ3) is 3.51. The molecule has 0 N–H and O–H groups in total. The quantitative estimate of drug-likeness (QED) is 0.752. The Morgan fingerprint density at radius 1 is 0.963 bits per heavy atom. The second-order valence-electron chi connectivity index (χ2n) is 8.05. The van der Waals surface area contributed by atoms with Crippen LogP contribution in [-0.4, -0.2) is 38.8 Å². The van der Waals surface area contributed by atoms with Crippen molar-refractivity contribution in [1.82, 2.24) is 4.90 Å². The maximum absolute atomic E-state index is 6.36. The number of ether oxygens (including phenoxy) is 2. The molecule has 1 saturated heterocycles. The highest BCUT2D eigenvalue weighted by molar-refractivity contribution is 5.35. The minimum Gasteiger partial charge on any atom is -0.497 e. The van der Waals surface area contributed by atoms with E-state index in [2.05, 4.69) is 53.4 Å². The summed E-state index contributed by atoms with van der Waals surface area (Å²) in [6.07, 6.45) is 4.92. The number of methoxy groups -OCH3 is 2. The van der Waals surface area contributed by atoms with Gasteiger partial charge in [-0.1, -0.05) is 48.9 Å². The zero-order valence-electron chi connectivity index (χ0n) is 16.6. The number of piperidine rings is 1. The standard InChI is InChI=1S/C24H31NO2/c1-26-23-13-7-10-20(16-23)24(27-2)21-11-6-12-22(24)18-25(17-21)15-14-19-8-4-3-5-9-19/h3-5,7-10,13,16,21-22H,6,11-12,14-15,17-18H2,1-2H3. The van der Waals surface area contributed by atoms with Crippen molar-refractivity contribution in [2.75, 3.05) is 33.9 Å². The Labute approximate surface area is 163 Å². The summed E-state index contributed by atoms with van der Waals surface area (Å²) in [6.45, 7) is 3.37. The van der Waals surface area contributed by atoms with Crippen molar-refractivity contribution >= 4 is 0 Å². The lowest BCUT2D eigenvalue weighted by molar-refractivity contribution is -0.168. The number of benzene rings is 2. The lowest BCUT2D eigenvalue weighted by atomic mass is 9.62. The van der Waals surface area contributed by atoms with E-state index in [1.165, 1.54) is 30.4 Å². The first-order chi connectivity index (χ1) is 13.3. The van der Waals surface area contributed by atoms with E-state index in [1.807, 2.05) is 13.2 Å². The van der Waals surface area contributed by atoms with Crippen LogP contribution in [0.1, 0.15) is 30.4 Å². The summed E-state index contributed by atoms with van der Waals surface area (Å²) in [7, 11) is 3.65. The average molecular weight is 366 g/mol. The molecular weight excluding hydrogens is 334 g/mol. The molecule has 2 fully saturated rings. The lowest BCUT2D eigenvalue weighted by Crippen LogP contribution is -2.59. The summed E-state index contributed by atoms with van der Waals surface area (Å²) in [4.78, 5) is 2.67. The predicted molar refractivity (Wildman–Crippen MR) is 109 cm³/mol. The molecule has 0 radical (unpaired) electrons. The van der Waals surface area contributed by atoms with E-state index in [9.17, 15) is 0 Å². The molecule has 1 aliphatic carbocycles. The van der Waals surface area contributed by atoms with Gasteiger partial charge in [-0.05, 0) is 42.5 Å². The van der Waals surface area contributed by atoms with Gasteiger partial charge in [0.15, 0.2) is 0 Å². The number of likely N-dealkylation sites (tertiary alicyclic amines) is 1. The largest absolute Gasteiger partial charge is 0.497 e. The number of hydrogen-bond donors (Lipinski definition) is 0. The van der Waals surface area contributed by atoms with Crippen molar-refractivity contribution in [2.24, 2.45) is 11.8 Å². The van der Waals surface area contributed by atoms with Gasteiger partial charge in [-0.2, -0.15) is 0 Å². The molecule has 4 rings (SSSR count). The molecule has 2 aromatic carbocycles. The highest BCUT2D eigenvalue weighted by Crippen LogP contribution is 2.51. The molecule has 1 saturated carbocycles. The van der Waals surface area contributed by atoms with Crippen molar-refractivity contribution in [3.8, 4) is 5.75 Å². The normalized spacial score (nSPS) is 28.1. The fourth-order valence-electron chi connectivity index (χ4n) is 5.43. The average Bonchev–Trinajstić information content (AvgIpc) is 2.72. The van der Waals surface area contributed by atoms with Gasteiger partial charge >= 0.3 is 0 Å². The Morgan fingerprint density at radius 2 is 1.70 bits per heavy atom. The Bertz CT molecular complexity index is 731. The van der Waals surface area contributed by atoms with Gasteiger partial charge in [-0.3, -0.25) is 0 Å². The minimum atomic E-state index is -0.171. The van der Waals surface area contributed by atoms with Crippen molar-refractivity contribution in [3.05, 3.63) is 65.7 Å². The summed E-state index contributed by atoms with van der Waals surface area (Å²) in [5.41, 5.74) is 2.55. The van der Waals surface area contributed by atoms with E-state index in [1.54, 1.807) is 7.11 Å². The summed E-state index contributed by atoms with van der Waals surface area (Å²) in [5, 5.41) is 0. The second-order valence-corrected chi connectivity index (χ2v) is 8.05. The SMILES string of the molecule is COc1cccc(C2(OC)C3CCCC2CN(CCc2ccccc2)C3)c1. The fraction of sp³-hybridized carbons (Fsp3) is 0.500. The van der Waals surface area contributed by atoms with Crippen LogP contribution in [0.25, 0.3) is 0 Å². The van der Waals surface area contributed by atoms with Crippen molar-refractivity contribution in [1.29, 1.82) is 0 Å². The van der Waals surface area contributed by atoms with Gasteiger partial charge in [-0.15, -0.1) is 0 Å². The topological polar surface area (TPSA) is 21.7 Å². The molecule has 0 aromatic heterocycles. The number of rotatable bonds is 6. The van der Waals surface area contributed by atoms with Crippen LogP contribution in [0.2, 0.25) is 0 Å². The van der Waals surface area contributed by atoms with E-state index < -0.39 is 0 Å². The summed E-state index contributed by atoms with van der Waals surface area (Å²) in [5.74, 6) is 2.00. The number of hydrogen-bond acceptors (Lipinski definition) is 3. The Kier molecular flexibility index (Phi) is 5.51. The zero-order chi connectivity index (χ0) is 18.7. The van der Waals surface area contributed by atoms with Gasteiger partial charge in [0.25, 0.3) is 0 Å². The first-order valence-corrected chi connectivity index (χ1v) is 10.2.